The molecule has 0 aliphatic carbocycles. The Hall–Kier alpha value is -3.24. The van der Waals surface area contributed by atoms with E-state index in [1.54, 1.807) is 22.8 Å². The smallest absolute Gasteiger partial charge is 0.225 e. The summed E-state index contributed by atoms with van der Waals surface area (Å²) in [6, 6.07) is 7.88. The number of benzene rings is 1. The van der Waals surface area contributed by atoms with Gasteiger partial charge in [0.25, 0.3) is 0 Å². The van der Waals surface area contributed by atoms with Crippen LogP contribution in [0, 0.1) is 0 Å². The van der Waals surface area contributed by atoms with Crippen molar-refractivity contribution in [3.05, 3.63) is 58.3 Å². The minimum Gasteiger partial charge on any atom is -0.487 e. The topological polar surface area (TPSA) is 82.0 Å². The fraction of sp³-hybridized carbons (Fsp3) is 0.364. The van der Waals surface area contributed by atoms with Gasteiger partial charge in [-0.15, -0.1) is 22.0 Å². The number of anilines is 2. The van der Waals surface area contributed by atoms with Crippen molar-refractivity contribution in [1.29, 1.82) is 0 Å². The van der Waals surface area contributed by atoms with Crippen LogP contribution >= 0.6 is 11.3 Å². The van der Waals surface area contributed by atoms with Gasteiger partial charge in [-0.05, 0) is 42.7 Å². The maximum absolute atomic E-state index is 5.95. The zero-order valence-electron chi connectivity index (χ0n) is 18.2. The van der Waals surface area contributed by atoms with Crippen molar-refractivity contribution in [3.8, 4) is 5.75 Å². The second-order valence-corrected chi connectivity index (χ2v) is 8.75. The van der Waals surface area contributed by atoms with Crippen LogP contribution in [0.5, 0.6) is 5.75 Å². The van der Waals surface area contributed by atoms with E-state index in [-0.39, 0.29) is 0 Å². The molecule has 4 heterocycles. The van der Waals surface area contributed by atoms with Gasteiger partial charge in [-0.25, -0.2) is 25.1 Å². The van der Waals surface area contributed by atoms with E-state index in [0.717, 1.165) is 59.6 Å². The molecule has 5 rings (SSSR count). The van der Waals surface area contributed by atoms with Crippen molar-refractivity contribution >= 4 is 29.3 Å². The summed E-state index contributed by atoms with van der Waals surface area (Å²) in [4.78, 5) is 16.1. The van der Waals surface area contributed by atoms with E-state index in [0.29, 0.717) is 12.5 Å². The van der Waals surface area contributed by atoms with Gasteiger partial charge in [0.2, 0.25) is 5.95 Å². The average molecular weight is 451 g/mol. The number of nitrogens with one attached hydrogen (secondary N) is 1. The summed E-state index contributed by atoms with van der Waals surface area (Å²) < 4.78 is 5.95. The van der Waals surface area contributed by atoms with Gasteiger partial charge < -0.3 is 9.64 Å². The summed E-state index contributed by atoms with van der Waals surface area (Å²) in [6.45, 7) is 4.44. The predicted molar refractivity (Wildman–Crippen MR) is 126 cm³/mol. The van der Waals surface area contributed by atoms with Crippen LogP contribution in [0.1, 0.15) is 35.5 Å². The molecular weight excluding hydrogens is 424 g/mol. The Morgan fingerprint density at radius 3 is 2.72 bits per heavy atom. The SMILES string of the molecule is CCc1cnc(N2CCC(c3nc(COc4ccc(N5C=NN(C)N5)cc4)cs3)C2)nc1. The second-order valence-electron chi connectivity index (χ2n) is 7.86. The van der Waals surface area contributed by atoms with E-state index in [4.69, 9.17) is 9.72 Å². The number of ether oxygens (including phenoxy) is 1. The first-order chi connectivity index (χ1) is 15.7. The number of thiazole rings is 1. The first-order valence-corrected chi connectivity index (χ1v) is 11.6. The van der Waals surface area contributed by atoms with Crippen LogP contribution in [0.3, 0.4) is 0 Å². The Labute approximate surface area is 191 Å². The average Bonchev–Trinajstić information content (AvgIpc) is 3.59. The molecule has 32 heavy (non-hydrogen) atoms. The van der Waals surface area contributed by atoms with Gasteiger partial charge in [0.05, 0.1) is 16.4 Å². The monoisotopic (exact) mass is 450 g/mol. The fourth-order valence-corrected chi connectivity index (χ4v) is 4.67. The molecule has 1 atom stereocenters. The molecular formula is C22H26N8OS. The molecule has 2 aromatic heterocycles. The molecule has 2 aliphatic heterocycles. The molecule has 10 heteroatoms. The molecule has 0 amide bonds. The number of hydrazone groups is 1. The summed E-state index contributed by atoms with van der Waals surface area (Å²) in [5, 5.41) is 10.9. The van der Waals surface area contributed by atoms with Gasteiger partial charge in [-0.2, -0.15) is 0 Å². The van der Waals surface area contributed by atoms with E-state index in [1.807, 2.05) is 48.7 Å². The molecule has 1 saturated heterocycles. The zero-order valence-corrected chi connectivity index (χ0v) is 19.0. The highest BCUT2D eigenvalue weighted by atomic mass is 32.1. The van der Waals surface area contributed by atoms with E-state index in [2.05, 4.69) is 37.8 Å². The minimum atomic E-state index is 0.412. The molecule has 166 valence electrons. The number of hydrazine groups is 2. The lowest BCUT2D eigenvalue weighted by Gasteiger charge is -2.17. The van der Waals surface area contributed by atoms with Crippen LogP contribution in [0.15, 0.2) is 47.1 Å². The molecule has 9 nitrogen and oxygen atoms in total. The van der Waals surface area contributed by atoms with Crippen LogP contribution in [0.2, 0.25) is 0 Å². The lowest BCUT2D eigenvalue weighted by Crippen LogP contribution is -2.38. The molecule has 1 N–H and O–H groups in total. The second kappa shape index (κ2) is 9.09. The normalized spacial score (nSPS) is 18.1. The number of aromatic nitrogens is 3. The van der Waals surface area contributed by atoms with Gasteiger partial charge in [0.1, 0.15) is 18.7 Å². The number of nitrogens with zero attached hydrogens (tertiary/aromatic N) is 7. The summed E-state index contributed by atoms with van der Waals surface area (Å²) in [7, 11) is 1.84. The third-order valence-corrected chi connectivity index (χ3v) is 6.64. The van der Waals surface area contributed by atoms with Crippen molar-refractivity contribution in [2.45, 2.75) is 32.3 Å². The molecule has 0 saturated carbocycles. The molecule has 0 radical (unpaired) electrons. The third-order valence-electron chi connectivity index (χ3n) is 5.58. The number of rotatable bonds is 7. The van der Waals surface area contributed by atoms with Crippen molar-refractivity contribution < 1.29 is 4.74 Å². The predicted octanol–water partition coefficient (Wildman–Crippen LogP) is 3.18. The van der Waals surface area contributed by atoms with E-state index in [9.17, 15) is 0 Å². The molecule has 3 aromatic rings. The van der Waals surface area contributed by atoms with E-state index < -0.39 is 0 Å². The van der Waals surface area contributed by atoms with Gasteiger partial charge in [0, 0.05) is 43.8 Å². The Bertz CT molecular complexity index is 1070. The highest BCUT2D eigenvalue weighted by molar-refractivity contribution is 7.09. The van der Waals surface area contributed by atoms with Gasteiger partial charge in [-0.3, -0.25) is 0 Å². The van der Waals surface area contributed by atoms with Crippen molar-refractivity contribution in [1.82, 2.24) is 25.6 Å². The Morgan fingerprint density at radius 2 is 2.00 bits per heavy atom. The van der Waals surface area contributed by atoms with Crippen molar-refractivity contribution in [2.75, 3.05) is 30.0 Å². The highest BCUT2D eigenvalue weighted by Crippen LogP contribution is 2.31. The number of hydrogen-bond donors (Lipinski definition) is 1. The van der Waals surface area contributed by atoms with E-state index >= 15 is 0 Å². The van der Waals surface area contributed by atoms with Gasteiger partial charge in [-0.1, -0.05) is 6.92 Å². The number of aryl methyl sites for hydroxylation is 1. The fourth-order valence-electron chi connectivity index (χ4n) is 3.74. The summed E-state index contributed by atoms with van der Waals surface area (Å²) >= 11 is 1.71. The Kier molecular flexibility index (Phi) is 5.87. The lowest BCUT2D eigenvalue weighted by molar-refractivity contribution is 0.279. The maximum Gasteiger partial charge on any atom is 0.225 e. The summed E-state index contributed by atoms with van der Waals surface area (Å²) in [5.74, 6) is 2.04. The quantitative estimate of drug-likeness (QED) is 0.588. The van der Waals surface area contributed by atoms with Gasteiger partial charge in [0.15, 0.2) is 0 Å². The zero-order chi connectivity index (χ0) is 21.9. The van der Waals surface area contributed by atoms with E-state index in [1.165, 1.54) is 0 Å². The summed E-state index contributed by atoms with van der Waals surface area (Å²) in [6.07, 6.45) is 7.60. The highest BCUT2D eigenvalue weighted by Gasteiger charge is 2.27. The molecule has 1 aromatic carbocycles. The number of hydrogen-bond acceptors (Lipinski definition) is 10. The van der Waals surface area contributed by atoms with Crippen LogP contribution in [0.4, 0.5) is 11.6 Å². The first-order valence-electron chi connectivity index (χ1n) is 10.7. The van der Waals surface area contributed by atoms with Crippen LogP contribution in [-0.2, 0) is 13.0 Å². The third kappa shape index (κ3) is 4.51. The minimum absolute atomic E-state index is 0.412. The molecule has 1 unspecified atom stereocenters. The van der Waals surface area contributed by atoms with Crippen molar-refractivity contribution in [3.63, 3.8) is 0 Å². The largest absolute Gasteiger partial charge is 0.487 e. The van der Waals surface area contributed by atoms with Crippen LogP contribution in [0.25, 0.3) is 0 Å². The van der Waals surface area contributed by atoms with Gasteiger partial charge >= 0.3 is 0 Å². The summed E-state index contributed by atoms with van der Waals surface area (Å²) in [5.41, 5.74) is 6.19. The van der Waals surface area contributed by atoms with Crippen LogP contribution < -0.4 is 20.2 Å². The standard InChI is InChI=1S/C22H26N8OS/c1-3-16-10-23-22(24-11-16)29-9-8-17(12-29)21-26-18(14-32-21)13-31-20-6-4-19(5-7-20)30-15-25-28(2)27-30/h4-7,10-11,14-15,17,27H,3,8-9,12-13H2,1-2H3. The maximum atomic E-state index is 5.95. The molecule has 0 bridgehead atoms. The Morgan fingerprint density at radius 1 is 1.19 bits per heavy atom. The van der Waals surface area contributed by atoms with Crippen molar-refractivity contribution in [2.24, 2.45) is 5.10 Å². The lowest BCUT2D eigenvalue weighted by atomic mass is 10.1. The van der Waals surface area contributed by atoms with Crippen LogP contribution in [-0.4, -0.2) is 46.5 Å². The first kappa shape index (κ1) is 20.7. The molecule has 2 aliphatic rings. The molecule has 1 fully saturated rings. The molecule has 0 spiro atoms. The Balaban J connectivity index is 1.14.